The maximum atomic E-state index is 13.4. The van der Waals surface area contributed by atoms with E-state index in [9.17, 15) is 4.79 Å². The topological polar surface area (TPSA) is 57.3 Å². The van der Waals surface area contributed by atoms with Gasteiger partial charge in [0.05, 0.1) is 12.8 Å². The lowest BCUT2D eigenvalue weighted by Crippen LogP contribution is -2.46. The molecular weight excluding hydrogens is 837 g/mol. The maximum absolute atomic E-state index is 13.4. The van der Waals surface area contributed by atoms with Crippen LogP contribution >= 0.6 is 0 Å². The number of piperazine rings is 1. The number of ether oxygens (including phenoxy) is 2. The van der Waals surface area contributed by atoms with E-state index in [2.05, 4.69) is 186 Å². The highest BCUT2D eigenvalue weighted by atomic mass is 16.5. The van der Waals surface area contributed by atoms with Crippen molar-refractivity contribution in [3.05, 3.63) is 185 Å². The molecule has 1 aliphatic carbocycles. The molecule has 3 aliphatic heterocycles. The Bertz CT molecular complexity index is 2990. The van der Waals surface area contributed by atoms with Crippen LogP contribution in [-0.4, -0.2) is 52.3 Å². The van der Waals surface area contributed by atoms with Gasteiger partial charge in [0.1, 0.15) is 11.5 Å². The van der Waals surface area contributed by atoms with E-state index in [1.54, 1.807) is 7.11 Å². The van der Waals surface area contributed by atoms with Crippen LogP contribution in [0.5, 0.6) is 11.5 Å². The summed E-state index contributed by atoms with van der Waals surface area (Å²) in [7, 11) is 1.80. The molecule has 2 fully saturated rings. The molecule has 1 unspecified atom stereocenters. The van der Waals surface area contributed by atoms with Gasteiger partial charge in [-0.05, 0) is 113 Å². The molecule has 7 aromatic carbocycles. The Hall–Kier alpha value is -6.99. The zero-order valence-electron chi connectivity index (χ0n) is 39.9. The fourth-order valence-electron chi connectivity index (χ4n) is 11.6. The summed E-state index contributed by atoms with van der Waals surface area (Å²) in [6.45, 7) is 12.2. The molecule has 4 aliphatic rings. The average molecular weight is 899 g/mol. The Labute approximate surface area is 402 Å². The van der Waals surface area contributed by atoms with Crippen LogP contribution < -0.4 is 29.5 Å². The third kappa shape index (κ3) is 7.66. The van der Waals surface area contributed by atoms with Gasteiger partial charge in [-0.1, -0.05) is 130 Å². The molecule has 2 saturated heterocycles. The lowest BCUT2D eigenvalue weighted by atomic mass is 9.76. The van der Waals surface area contributed by atoms with Crippen molar-refractivity contribution in [1.82, 2.24) is 0 Å². The van der Waals surface area contributed by atoms with Crippen molar-refractivity contribution in [3.63, 3.8) is 0 Å². The van der Waals surface area contributed by atoms with E-state index in [0.29, 0.717) is 0 Å². The molecule has 7 nitrogen and oxygen atoms in total. The number of anilines is 4. The van der Waals surface area contributed by atoms with E-state index >= 15 is 0 Å². The number of methoxy groups -OCH3 is 1. The van der Waals surface area contributed by atoms with Crippen molar-refractivity contribution >= 4 is 45.5 Å². The standard InChI is InChI=1S/C61H62N4O3/c1-5-6-15-42-22-26-46(27-23-42)62-59(66)43-31-34-63(35-32-43)48-28-24-45(25-29-48)61(44-16-9-7-10-17-44)33-30-50-57-56(49-20-13-14-21-53(49)60(57,2)3)51-40-54(55(67-4)41-52(51)58(50)68-61)65-38-36-64(37-39-65)47-18-11-8-12-19-47/h7-14,16-30,33,40-41,43H,5-6,15,31-32,34-39H2,1-4H3,(H,62,66). The normalized spacial score (nSPS) is 18.4. The van der Waals surface area contributed by atoms with E-state index in [1.807, 2.05) is 12.1 Å². The number of unbranched alkanes of at least 4 members (excludes halogenated alkanes) is 1. The number of para-hydroxylation sites is 1. The molecule has 1 amide bonds. The minimum atomic E-state index is -0.900. The molecule has 68 heavy (non-hydrogen) atoms. The zero-order valence-corrected chi connectivity index (χ0v) is 39.9. The number of aryl methyl sites for hydroxylation is 1. The SMILES string of the molecule is CCCCc1ccc(NC(=O)C2CCN(c3ccc(C4(c5ccccc5)C=Cc5c6c(c7cc(N8CCN(c9ccccc9)CC8)c(OC)cc7c5O4)-c4ccccc4C6(C)C)cc3)CC2)cc1. The van der Waals surface area contributed by atoms with Gasteiger partial charge in [0.15, 0.2) is 5.60 Å². The second-order valence-electron chi connectivity index (χ2n) is 19.7. The number of carbonyl (C=O) groups is 1. The lowest BCUT2D eigenvalue weighted by molar-refractivity contribution is -0.120. The number of nitrogens with zero attached hydrogens (tertiary/aromatic N) is 3. The third-order valence-electron chi connectivity index (χ3n) is 15.4. The Kier molecular flexibility index (Phi) is 11.5. The van der Waals surface area contributed by atoms with Gasteiger partial charge in [-0.2, -0.15) is 0 Å². The Morgan fingerprint density at radius 2 is 1.34 bits per heavy atom. The molecule has 344 valence electrons. The lowest BCUT2D eigenvalue weighted by Gasteiger charge is -2.39. The number of hydrogen-bond acceptors (Lipinski definition) is 6. The molecule has 1 atom stereocenters. The third-order valence-corrected chi connectivity index (χ3v) is 15.4. The van der Waals surface area contributed by atoms with Crippen LogP contribution in [0.1, 0.15) is 79.8 Å². The summed E-state index contributed by atoms with van der Waals surface area (Å²) in [6, 6.07) is 52.3. The number of benzene rings is 7. The van der Waals surface area contributed by atoms with Crippen molar-refractivity contribution in [1.29, 1.82) is 0 Å². The molecule has 0 radical (unpaired) electrons. The van der Waals surface area contributed by atoms with Crippen LogP contribution in [0.4, 0.5) is 22.7 Å². The van der Waals surface area contributed by atoms with Crippen LogP contribution in [0.2, 0.25) is 0 Å². The number of nitrogens with one attached hydrogen (secondary N) is 1. The summed E-state index contributed by atoms with van der Waals surface area (Å²) in [5.74, 6) is 1.83. The van der Waals surface area contributed by atoms with Crippen molar-refractivity contribution in [3.8, 4) is 22.6 Å². The van der Waals surface area contributed by atoms with Crippen LogP contribution in [0.3, 0.4) is 0 Å². The zero-order chi connectivity index (χ0) is 46.4. The van der Waals surface area contributed by atoms with Gasteiger partial charge in [-0.15, -0.1) is 0 Å². The smallest absolute Gasteiger partial charge is 0.227 e. The first-order chi connectivity index (χ1) is 33.3. The quantitative estimate of drug-likeness (QED) is 0.140. The molecule has 0 saturated carbocycles. The van der Waals surface area contributed by atoms with Crippen LogP contribution in [0, 0.1) is 5.92 Å². The first-order valence-corrected chi connectivity index (χ1v) is 24.8. The number of amides is 1. The van der Waals surface area contributed by atoms with E-state index in [-0.39, 0.29) is 17.2 Å². The van der Waals surface area contributed by atoms with Crippen molar-refractivity contribution in [2.24, 2.45) is 5.92 Å². The summed E-state index contributed by atoms with van der Waals surface area (Å²) < 4.78 is 14.1. The van der Waals surface area contributed by atoms with Gasteiger partial charge in [0.25, 0.3) is 0 Å². The predicted molar refractivity (Wildman–Crippen MR) is 281 cm³/mol. The van der Waals surface area contributed by atoms with Gasteiger partial charge < -0.3 is 29.5 Å². The van der Waals surface area contributed by atoms with Crippen LogP contribution in [0.25, 0.3) is 28.0 Å². The minimum Gasteiger partial charge on any atom is -0.495 e. The molecule has 7 aromatic rings. The Morgan fingerprint density at radius 3 is 2.04 bits per heavy atom. The Balaban J connectivity index is 0.923. The Morgan fingerprint density at radius 1 is 0.706 bits per heavy atom. The average Bonchev–Trinajstić information content (AvgIpc) is 3.64. The van der Waals surface area contributed by atoms with Gasteiger partial charge in [0, 0.05) is 89.7 Å². The number of hydrogen-bond donors (Lipinski definition) is 1. The number of carbonyl (C=O) groups excluding carboxylic acids is 1. The van der Waals surface area contributed by atoms with E-state index < -0.39 is 5.60 Å². The highest BCUT2D eigenvalue weighted by Gasteiger charge is 2.44. The first-order valence-electron chi connectivity index (χ1n) is 24.8. The number of piperidine rings is 1. The van der Waals surface area contributed by atoms with Gasteiger partial charge in [-0.3, -0.25) is 4.79 Å². The van der Waals surface area contributed by atoms with Crippen LogP contribution in [-0.2, 0) is 22.2 Å². The van der Waals surface area contributed by atoms with E-state index in [4.69, 9.17) is 9.47 Å². The summed E-state index contributed by atoms with van der Waals surface area (Å²) in [5.41, 5.74) is 13.0. The summed E-state index contributed by atoms with van der Waals surface area (Å²) >= 11 is 0. The predicted octanol–water partition coefficient (Wildman–Crippen LogP) is 13.0. The van der Waals surface area contributed by atoms with Crippen molar-refractivity contribution in [2.45, 2.75) is 63.9 Å². The largest absolute Gasteiger partial charge is 0.495 e. The molecule has 0 aromatic heterocycles. The number of rotatable bonds is 11. The second-order valence-corrected chi connectivity index (χ2v) is 19.7. The van der Waals surface area contributed by atoms with Gasteiger partial charge in [0.2, 0.25) is 5.91 Å². The van der Waals surface area contributed by atoms with Crippen LogP contribution in [0.15, 0.2) is 152 Å². The second kappa shape index (κ2) is 17.9. The molecule has 0 spiro atoms. The van der Waals surface area contributed by atoms with Crippen molar-refractivity contribution in [2.75, 3.05) is 66.4 Å². The van der Waals surface area contributed by atoms with Gasteiger partial charge in [-0.25, -0.2) is 0 Å². The molecule has 7 heteroatoms. The monoisotopic (exact) mass is 898 g/mol. The first kappa shape index (κ1) is 43.6. The molecule has 11 rings (SSSR count). The highest BCUT2D eigenvalue weighted by molar-refractivity contribution is 6.10. The van der Waals surface area contributed by atoms with Crippen molar-refractivity contribution < 1.29 is 14.3 Å². The highest BCUT2D eigenvalue weighted by Crippen LogP contribution is 2.59. The summed E-state index contributed by atoms with van der Waals surface area (Å²) in [4.78, 5) is 20.8. The molecule has 3 heterocycles. The number of fused-ring (bicyclic) bond motifs is 8. The van der Waals surface area contributed by atoms with E-state index in [1.165, 1.54) is 51.7 Å². The fraction of sp³-hybridized carbons (Fsp3) is 0.295. The van der Waals surface area contributed by atoms with E-state index in [0.717, 1.165) is 109 Å². The van der Waals surface area contributed by atoms with Gasteiger partial charge >= 0.3 is 0 Å². The summed E-state index contributed by atoms with van der Waals surface area (Å²) in [6.07, 6.45) is 9.68. The molecule has 0 bridgehead atoms. The summed E-state index contributed by atoms with van der Waals surface area (Å²) in [5, 5.41) is 5.43. The minimum absolute atomic E-state index is 0.0129. The molecule has 1 N–H and O–H groups in total. The maximum Gasteiger partial charge on any atom is 0.227 e. The molecular formula is C61H62N4O3. The fourth-order valence-corrected chi connectivity index (χ4v) is 11.6.